The molecule has 1 N–H and O–H groups in total. The van der Waals surface area contributed by atoms with E-state index in [1.807, 2.05) is 19.1 Å². The molecule has 0 radical (unpaired) electrons. The molecule has 0 saturated carbocycles. The smallest absolute Gasteiger partial charge is 0.335 e. The number of aromatic carboxylic acids is 1. The highest BCUT2D eigenvalue weighted by molar-refractivity contribution is 5.89. The van der Waals surface area contributed by atoms with Gasteiger partial charge in [-0.3, -0.25) is 4.90 Å². The average molecular weight is 311 g/mol. The topological polar surface area (TPSA) is 66.3 Å². The molecule has 120 valence electrons. The third-order valence-electron chi connectivity index (χ3n) is 4.35. The van der Waals surface area contributed by atoms with Crippen molar-refractivity contribution in [2.24, 2.45) is 0 Å². The van der Waals surface area contributed by atoms with Gasteiger partial charge in [0, 0.05) is 11.3 Å². The summed E-state index contributed by atoms with van der Waals surface area (Å²) in [4.78, 5) is 22.8. The Labute approximate surface area is 136 Å². The maximum Gasteiger partial charge on any atom is 0.335 e. The molecule has 2 heterocycles. The number of likely N-dealkylation sites (tertiary alicyclic amines) is 1. The molecular weight excluding hydrogens is 290 g/mol. The molecule has 3 rings (SSSR count). The first-order chi connectivity index (χ1) is 11.0. The van der Waals surface area contributed by atoms with E-state index < -0.39 is 5.97 Å². The number of piperidine rings is 1. The maximum absolute atomic E-state index is 11.2. The SMILES string of the molecule is Cc1cc(-c2cccc(C(=O)O)c2)nc(C2CCCCN2C)n1. The van der Waals surface area contributed by atoms with Crippen LogP contribution in [-0.4, -0.2) is 39.5 Å². The Balaban J connectivity index is 2.00. The van der Waals surface area contributed by atoms with Gasteiger partial charge in [0.25, 0.3) is 0 Å². The van der Waals surface area contributed by atoms with Gasteiger partial charge in [-0.05, 0) is 51.6 Å². The van der Waals surface area contributed by atoms with Crippen molar-refractivity contribution in [3.63, 3.8) is 0 Å². The van der Waals surface area contributed by atoms with Crippen LogP contribution in [0.15, 0.2) is 30.3 Å². The van der Waals surface area contributed by atoms with Crippen molar-refractivity contribution in [1.29, 1.82) is 0 Å². The fourth-order valence-corrected chi connectivity index (χ4v) is 3.10. The van der Waals surface area contributed by atoms with Gasteiger partial charge < -0.3 is 5.11 Å². The number of carbonyl (C=O) groups is 1. The van der Waals surface area contributed by atoms with E-state index in [9.17, 15) is 4.79 Å². The van der Waals surface area contributed by atoms with Crippen LogP contribution < -0.4 is 0 Å². The van der Waals surface area contributed by atoms with Crippen molar-refractivity contribution in [2.45, 2.75) is 32.2 Å². The molecule has 5 nitrogen and oxygen atoms in total. The Morgan fingerprint density at radius 3 is 2.83 bits per heavy atom. The molecule has 1 saturated heterocycles. The van der Waals surface area contributed by atoms with Gasteiger partial charge in [-0.15, -0.1) is 0 Å². The maximum atomic E-state index is 11.2. The van der Waals surface area contributed by atoms with Gasteiger partial charge in [-0.25, -0.2) is 14.8 Å². The third kappa shape index (κ3) is 3.40. The van der Waals surface area contributed by atoms with E-state index in [1.165, 1.54) is 12.8 Å². The van der Waals surface area contributed by atoms with Crippen LogP contribution in [0, 0.1) is 6.92 Å². The summed E-state index contributed by atoms with van der Waals surface area (Å²) in [5, 5.41) is 9.16. The van der Waals surface area contributed by atoms with Crippen LogP contribution in [0.2, 0.25) is 0 Å². The van der Waals surface area contributed by atoms with Crippen molar-refractivity contribution < 1.29 is 9.90 Å². The number of benzene rings is 1. The number of rotatable bonds is 3. The first-order valence-electron chi connectivity index (χ1n) is 7.94. The van der Waals surface area contributed by atoms with Crippen molar-refractivity contribution in [3.8, 4) is 11.3 Å². The number of hydrogen-bond acceptors (Lipinski definition) is 4. The highest BCUT2D eigenvalue weighted by atomic mass is 16.4. The fourth-order valence-electron chi connectivity index (χ4n) is 3.10. The van der Waals surface area contributed by atoms with Crippen molar-refractivity contribution in [2.75, 3.05) is 13.6 Å². The zero-order valence-corrected chi connectivity index (χ0v) is 13.5. The Morgan fingerprint density at radius 2 is 2.09 bits per heavy atom. The summed E-state index contributed by atoms with van der Waals surface area (Å²) in [6, 6.07) is 9.05. The fraction of sp³-hybridized carbons (Fsp3) is 0.389. The van der Waals surface area contributed by atoms with E-state index in [0.717, 1.165) is 35.7 Å². The monoisotopic (exact) mass is 311 g/mol. The lowest BCUT2D eigenvalue weighted by molar-refractivity contribution is 0.0697. The minimum absolute atomic E-state index is 0.241. The van der Waals surface area contributed by atoms with Gasteiger partial charge in [0.2, 0.25) is 0 Å². The molecular formula is C18H21N3O2. The molecule has 0 bridgehead atoms. The molecule has 1 aromatic heterocycles. The Hall–Kier alpha value is -2.27. The summed E-state index contributed by atoms with van der Waals surface area (Å²) in [7, 11) is 2.11. The van der Waals surface area contributed by atoms with E-state index >= 15 is 0 Å². The van der Waals surface area contributed by atoms with Crippen LogP contribution in [0.5, 0.6) is 0 Å². The number of aromatic nitrogens is 2. The van der Waals surface area contributed by atoms with E-state index in [-0.39, 0.29) is 11.6 Å². The van der Waals surface area contributed by atoms with E-state index in [1.54, 1.807) is 18.2 Å². The van der Waals surface area contributed by atoms with Crippen LogP contribution in [0.25, 0.3) is 11.3 Å². The van der Waals surface area contributed by atoms with Crippen LogP contribution in [0.3, 0.4) is 0 Å². The minimum Gasteiger partial charge on any atom is -0.478 e. The molecule has 1 aromatic carbocycles. The molecule has 0 aliphatic carbocycles. The highest BCUT2D eigenvalue weighted by Crippen LogP contribution is 2.29. The van der Waals surface area contributed by atoms with Crippen LogP contribution in [0.1, 0.15) is 47.2 Å². The lowest BCUT2D eigenvalue weighted by Crippen LogP contribution is -2.31. The first kappa shape index (κ1) is 15.6. The Bertz CT molecular complexity index is 730. The summed E-state index contributed by atoms with van der Waals surface area (Å²) < 4.78 is 0. The summed E-state index contributed by atoms with van der Waals surface area (Å²) in [5.74, 6) is -0.0900. The van der Waals surface area contributed by atoms with Crippen molar-refractivity contribution >= 4 is 5.97 Å². The molecule has 1 aliphatic rings. The van der Waals surface area contributed by atoms with Crippen molar-refractivity contribution in [1.82, 2.24) is 14.9 Å². The largest absolute Gasteiger partial charge is 0.478 e. The lowest BCUT2D eigenvalue weighted by Gasteiger charge is -2.31. The summed E-state index contributed by atoms with van der Waals surface area (Å²) >= 11 is 0. The minimum atomic E-state index is -0.926. The van der Waals surface area contributed by atoms with Gasteiger partial charge in [-0.2, -0.15) is 0 Å². The molecule has 1 fully saturated rings. The van der Waals surface area contributed by atoms with Crippen LogP contribution in [-0.2, 0) is 0 Å². The van der Waals surface area contributed by atoms with Gasteiger partial charge in [-0.1, -0.05) is 18.6 Å². The second kappa shape index (κ2) is 6.46. The number of carboxylic acid groups (broad SMARTS) is 1. The number of hydrogen-bond donors (Lipinski definition) is 1. The van der Waals surface area contributed by atoms with Gasteiger partial charge in [0.1, 0.15) is 5.82 Å². The number of carboxylic acids is 1. The molecule has 0 spiro atoms. The third-order valence-corrected chi connectivity index (χ3v) is 4.35. The molecule has 2 aromatic rings. The lowest BCUT2D eigenvalue weighted by atomic mass is 10.0. The molecule has 0 amide bonds. The second-order valence-corrected chi connectivity index (χ2v) is 6.13. The number of aryl methyl sites for hydroxylation is 1. The summed E-state index contributed by atoms with van der Waals surface area (Å²) in [5.41, 5.74) is 2.78. The zero-order chi connectivity index (χ0) is 16.4. The molecule has 1 aliphatic heterocycles. The molecule has 5 heteroatoms. The van der Waals surface area contributed by atoms with Gasteiger partial charge >= 0.3 is 5.97 Å². The highest BCUT2D eigenvalue weighted by Gasteiger charge is 2.23. The molecule has 1 unspecified atom stereocenters. The average Bonchev–Trinajstić information content (AvgIpc) is 2.55. The number of nitrogens with zero attached hydrogens (tertiary/aromatic N) is 3. The standard InChI is InChI=1S/C18H21N3O2/c1-12-10-15(13-6-5-7-14(11-13)18(22)23)20-17(19-12)16-8-3-4-9-21(16)2/h5-7,10-11,16H,3-4,8-9H2,1-2H3,(H,22,23). The normalized spacial score (nSPS) is 18.8. The Morgan fingerprint density at radius 1 is 1.26 bits per heavy atom. The molecule has 1 atom stereocenters. The molecule has 23 heavy (non-hydrogen) atoms. The van der Waals surface area contributed by atoms with Gasteiger partial charge in [0.05, 0.1) is 17.3 Å². The quantitative estimate of drug-likeness (QED) is 0.942. The zero-order valence-electron chi connectivity index (χ0n) is 13.5. The van der Waals surface area contributed by atoms with Crippen LogP contribution >= 0.6 is 0 Å². The van der Waals surface area contributed by atoms with Crippen LogP contribution in [0.4, 0.5) is 0 Å². The summed E-state index contributed by atoms with van der Waals surface area (Å²) in [6.07, 6.45) is 3.47. The van der Waals surface area contributed by atoms with Crippen molar-refractivity contribution in [3.05, 3.63) is 47.4 Å². The van der Waals surface area contributed by atoms with Gasteiger partial charge in [0.15, 0.2) is 0 Å². The van der Waals surface area contributed by atoms with E-state index in [4.69, 9.17) is 10.1 Å². The van der Waals surface area contributed by atoms with E-state index in [2.05, 4.69) is 16.9 Å². The predicted molar refractivity (Wildman–Crippen MR) is 88.4 cm³/mol. The van der Waals surface area contributed by atoms with E-state index in [0.29, 0.717) is 0 Å². The second-order valence-electron chi connectivity index (χ2n) is 6.13. The summed E-state index contributed by atoms with van der Waals surface area (Å²) in [6.45, 7) is 3.02. The first-order valence-corrected chi connectivity index (χ1v) is 7.94. The Kier molecular flexibility index (Phi) is 4.39. The predicted octanol–water partition coefficient (Wildman–Crippen LogP) is 3.31.